The molecule has 0 aliphatic rings. The summed E-state index contributed by atoms with van der Waals surface area (Å²) in [7, 11) is 0. The van der Waals surface area contributed by atoms with Crippen LogP contribution in [0.3, 0.4) is 0 Å². The summed E-state index contributed by atoms with van der Waals surface area (Å²) in [5.74, 6) is 0.978. The van der Waals surface area contributed by atoms with Gasteiger partial charge in [-0.2, -0.15) is 4.98 Å². The number of hydrogen-bond acceptors (Lipinski definition) is 6. The Bertz CT molecular complexity index is 720. The average Bonchev–Trinajstić information content (AvgIpc) is 3.11. The molecule has 2 heterocycles. The lowest BCUT2D eigenvalue weighted by atomic mass is 10.1. The first-order valence-electron chi connectivity index (χ1n) is 6.42. The van der Waals surface area contributed by atoms with Crippen LogP contribution >= 0.6 is 15.9 Å². The first kappa shape index (κ1) is 13.9. The van der Waals surface area contributed by atoms with E-state index in [1.54, 1.807) is 10.9 Å². The van der Waals surface area contributed by atoms with Crippen LogP contribution in [0.2, 0.25) is 0 Å². The normalized spacial score (nSPS) is 11.0. The number of benzene rings is 1. The summed E-state index contributed by atoms with van der Waals surface area (Å²) in [5, 5.41) is 11.9. The van der Waals surface area contributed by atoms with E-state index in [1.165, 1.54) is 0 Å². The summed E-state index contributed by atoms with van der Waals surface area (Å²) in [4.78, 5) is 4.34. The van der Waals surface area contributed by atoms with Crippen LogP contribution in [0.15, 0.2) is 39.5 Å². The molecule has 3 rings (SSSR count). The third-order valence-corrected chi connectivity index (χ3v) is 3.39. The lowest BCUT2D eigenvalue weighted by Gasteiger charge is -1.96. The molecule has 0 fully saturated rings. The van der Waals surface area contributed by atoms with E-state index in [0.717, 1.165) is 10.0 Å². The molecule has 0 atom stereocenters. The minimum atomic E-state index is 0.366. The zero-order chi connectivity index (χ0) is 14.7. The zero-order valence-electron chi connectivity index (χ0n) is 11.1. The zero-order valence-corrected chi connectivity index (χ0v) is 12.7. The first-order chi connectivity index (χ1) is 10.2. The van der Waals surface area contributed by atoms with Gasteiger partial charge in [0, 0.05) is 17.4 Å². The van der Waals surface area contributed by atoms with Gasteiger partial charge >= 0.3 is 0 Å². The van der Waals surface area contributed by atoms with Gasteiger partial charge in [-0.05, 0) is 17.7 Å². The van der Waals surface area contributed by atoms with Crippen molar-refractivity contribution in [2.75, 3.05) is 6.54 Å². The van der Waals surface area contributed by atoms with Gasteiger partial charge < -0.3 is 10.3 Å². The molecule has 1 aromatic carbocycles. The number of rotatable bonds is 5. The summed E-state index contributed by atoms with van der Waals surface area (Å²) in [6.07, 6.45) is 2.34. The summed E-state index contributed by atoms with van der Waals surface area (Å²) in [6.45, 7) is 1.11. The van der Waals surface area contributed by atoms with Crippen molar-refractivity contribution < 1.29 is 4.52 Å². The highest BCUT2D eigenvalue weighted by atomic mass is 79.9. The second kappa shape index (κ2) is 6.15. The van der Waals surface area contributed by atoms with Crippen molar-refractivity contribution in [2.45, 2.75) is 13.0 Å². The molecular formula is C13H13BrN6O. The van der Waals surface area contributed by atoms with Crippen LogP contribution in [0.4, 0.5) is 0 Å². The maximum atomic E-state index is 5.47. The Hall–Kier alpha value is -2.06. The molecule has 2 aromatic heterocycles. The third kappa shape index (κ3) is 3.34. The van der Waals surface area contributed by atoms with Crippen LogP contribution < -0.4 is 5.73 Å². The van der Waals surface area contributed by atoms with Crippen LogP contribution in [0.25, 0.3) is 11.6 Å². The average molecular weight is 349 g/mol. The molecule has 0 aliphatic heterocycles. The standard InChI is InChI=1S/C13H13BrN6O/c14-10-3-1-9(2-4-10)7-12-16-13(21-18-12)11-8-20(6-5-15)19-17-11/h1-4,8H,5-7,15H2. The molecule has 21 heavy (non-hydrogen) atoms. The molecule has 0 bridgehead atoms. The summed E-state index contributed by atoms with van der Waals surface area (Å²) in [6, 6.07) is 7.98. The van der Waals surface area contributed by atoms with E-state index < -0.39 is 0 Å². The highest BCUT2D eigenvalue weighted by Crippen LogP contribution is 2.16. The molecule has 7 nitrogen and oxygen atoms in total. The van der Waals surface area contributed by atoms with E-state index in [1.807, 2.05) is 24.3 Å². The van der Waals surface area contributed by atoms with Gasteiger partial charge in [0.05, 0.1) is 12.7 Å². The predicted molar refractivity (Wildman–Crippen MR) is 79.3 cm³/mol. The lowest BCUT2D eigenvalue weighted by Crippen LogP contribution is -2.10. The van der Waals surface area contributed by atoms with Gasteiger partial charge in [0.2, 0.25) is 0 Å². The monoisotopic (exact) mass is 348 g/mol. The molecule has 0 spiro atoms. The quantitative estimate of drug-likeness (QED) is 0.752. The van der Waals surface area contributed by atoms with Crippen molar-refractivity contribution in [3.05, 3.63) is 46.3 Å². The summed E-state index contributed by atoms with van der Waals surface area (Å²) in [5.41, 5.74) is 7.13. The van der Waals surface area contributed by atoms with E-state index in [2.05, 4.69) is 36.4 Å². The fraction of sp³-hybridized carbons (Fsp3) is 0.231. The molecule has 0 amide bonds. The Morgan fingerprint density at radius 2 is 2.05 bits per heavy atom. The lowest BCUT2D eigenvalue weighted by molar-refractivity contribution is 0.422. The van der Waals surface area contributed by atoms with Gasteiger partial charge in [0.25, 0.3) is 5.89 Å². The van der Waals surface area contributed by atoms with Crippen molar-refractivity contribution >= 4 is 15.9 Å². The SMILES string of the molecule is NCCn1cc(-c2nc(Cc3ccc(Br)cc3)no2)nn1. The number of nitrogens with zero attached hydrogens (tertiary/aromatic N) is 5. The van der Waals surface area contributed by atoms with Gasteiger partial charge in [0.1, 0.15) is 0 Å². The molecule has 2 N–H and O–H groups in total. The van der Waals surface area contributed by atoms with Crippen molar-refractivity contribution in [1.29, 1.82) is 0 Å². The highest BCUT2D eigenvalue weighted by Gasteiger charge is 2.13. The van der Waals surface area contributed by atoms with Gasteiger partial charge in [-0.15, -0.1) is 5.10 Å². The fourth-order valence-corrected chi connectivity index (χ4v) is 2.12. The topological polar surface area (TPSA) is 95.7 Å². The molecule has 3 aromatic rings. The second-order valence-corrected chi connectivity index (χ2v) is 5.39. The molecular weight excluding hydrogens is 336 g/mol. The Labute approximate surface area is 129 Å². The Morgan fingerprint density at radius 1 is 1.24 bits per heavy atom. The Morgan fingerprint density at radius 3 is 2.81 bits per heavy atom. The van der Waals surface area contributed by atoms with E-state index in [0.29, 0.717) is 36.9 Å². The largest absolute Gasteiger partial charge is 0.332 e. The van der Waals surface area contributed by atoms with Crippen molar-refractivity contribution in [3.8, 4) is 11.6 Å². The Balaban J connectivity index is 1.74. The Kier molecular flexibility index (Phi) is 4.07. The van der Waals surface area contributed by atoms with E-state index in [4.69, 9.17) is 10.3 Å². The summed E-state index contributed by atoms with van der Waals surface area (Å²) < 4.78 is 7.91. The minimum absolute atomic E-state index is 0.366. The van der Waals surface area contributed by atoms with Crippen LogP contribution in [-0.2, 0) is 13.0 Å². The summed E-state index contributed by atoms with van der Waals surface area (Å²) >= 11 is 3.40. The second-order valence-electron chi connectivity index (χ2n) is 4.47. The molecule has 0 saturated carbocycles. The van der Waals surface area contributed by atoms with Crippen LogP contribution in [0, 0.1) is 0 Å². The third-order valence-electron chi connectivity index (χ3n) is 2.86. The van der Waals surface area contributed by atoms with Crippen molar-refractivity contribution in [3.63, 3.8) is 0 Å². The number of halogens is 1. The number of nitrogens with two attached hydrogens (primary N) is 1. The maximum absolute atomic E-state index is 5.47. The van der Waals surface area contributed by atoms with Crippen LogP contribution in [0.5, 0.6) is 0 Å². The molecule has 0 unspecified atom stereocenters. The molecule has 108 valence electrons. The number of hydrogen-bond donors (Lipinski definition) is 1. The predicted octanol–water partition coefficient (Wildman–Crippen LogP) is 1.64. The first-order valence-corrected chi connectivity index (χ1v) is 7.21. The molecule has 8 heteroatoms. The van der Waals surface area contributed by atoms with Gasteiger partial charge in [0.15, 0.2) is 11.5 Å². The van der Waals surface area contributed by atoms with Gasteiger partial charge in [-0.1, -0.05) is 38.4 Å². The maximum Gasteiger partial charge on any atom is 0.280 e. The van der Waals surface area contributed by atoms with Crippen LogP contribution in [-0.4, -0.2) is 31.7 Å². The fourth-order valence-electron chi connectivity index (χ4n) is 1.85. The minimum Gasteiger partial charge on any atom is -0.332 e. The highest BCUT2D eigenvalue weighted by molar-refractivity contribution is 9.10. The van der Waals surface area contributed by atoms with Crippen molar-refractivity contribution in [1.82, 2.24) is 25.1 Å². The smallest absolute Gasteiger partial charge is 0.280 e. The molecule has 0 saturated heterocycles. The molecule has 0 radical (unpaired) electrons. The van der Waals surface area contributed by atoms with Gasteiger partial charge in [-0.25, -0.2) is 0 Å². The van der Waals surface area contributed by atoms with E-state index >= 15 is 0 Å². The van der Waals surface area contributed by atoms with Gasteiger partial charge in [-0.3, -0.25) is 4.68 Å². The van der Waals surface area contributed by atoms with E-state index in [-0.39, 0.29) is 0 Å². The van der Waals surface area contributed by atoms with Crippen LogP contribution in [0.1, 0.15) is 11.4 Å². The number of aromatic nitrogens is 5. The van der Waals surface area contributed by atoms with Crippen molar-refractivity contribution in [2.24, 2.45) is 5.73 Å². The van der Waals surface area contributed by atoms with E-state index in [9.17, 15) is 0 Å². The molecule has 0 aliphatic carbocycles.